The Balaban J connectivity index is 1.64. The van der Waals surface area contributed by atoms with E-state index in [2.05, 4.69) is 15.4 Å². The molecule has 1 N–H and O–H groups in total. The zero-order valence-corrected chi connectivity index (χ0v) is 11.7. The fourth-order valence-corrected chi connectivity index (χ4v) is 2.50. The molecule has 4 rings (SSSR count). The highest BCUT2D eigenvalue weighted by Gasteiger charge is 2.25. The Morgan fingerprint density at radius 3 is 3.00 bits per heavy atom. The summed E-state index contributed by atoms with van der Waals surface area (Å²) in [4.78, 5) is 16.5. The lowest BCUT2D eigenvalue weighted by Gasteiger charge is -2.06. The number of nitrogens with one attached hydrogen (secondary N) is 1. The van der Waals surface area contributed by atoms with Crippen molar-refractivity contribution in [1.29, 1.82) is 0 Å². The first-order valence-corrected chi connectivity index (χ1v) is 7.11. The number of nitrogens with zero attached hydrogens (tertiary/aromatic N) is 3. The van der Waals surface area contributed by atoms with Crippen LogP contribution in [0, 0.1) is 5.82 Å². The molecule has 2 heterocycles. The van der Waals surface area contributed by atoms with Gasteiger partial charge >= 0.3 is 0 Å². The Labute approximate surface area is 125 Å². The smallest absolute Gasteiger partial charge is 0.256 e. The molecular weight excluding hydrogens is 283 g/mol. The molecule has 1 amide bonds. The summed E-state index contributed by atoms with van der Waals surface area (Å²) in [5, 5.41) is 6.85. The van der Waals surface area contributed by atoms with E-state index in [9.17, 15) is 9.18 Å². The van der Waals surface area contributed by atoms with E-state index in [1.54, 1.807) is 24.4 Å². The third-order valence-corrected chi connectivity index (χ3v) is 3.75. The van der Waals surface area contributed by atoms with Gasteiger partial charge in [0.25, 0.3) is 5.91 Å². The van der Waals surface area contributed by atoms with Gasteiger partial charge in [0.1, 0.15) is 5.82 Å². The summed E-state index contributed by atoms with van der Waals surface area (Å²) < 4.78 is 15.2. The molecule has 3 aromatic rings. The number of aromatic nitrogens is 3. The lowest BCUT2D eigenvalue weighted by atomic mass is 10.1. The van der Waals surface area contributed by atoms with Crippen molar-refractivity contribution in [3.8, 4) is 0 Å². The predicted molar refractivity (Wildman–Crippen MR) is 79.3 cm³/mol. The first kappa shape index (κ1) is 12.9. The number of hydrogen-bond acceptors (Lipinski definition) is 3. The lowest BCUT2D eigenvalue weighted by molar-refractivity contribution is 0.102. The second-order valence-corrected chi connectivity index (χ2v) is 5.44. The van der Waals surface area contributed by atoms with Crippen molar-refractivity contribution in [2.24, 2.45) is 0 Å². The summed E-state index contributed by atoms with van der Waals surface area (Å²) in [6, 6.07) is 8.06. The highest BCUT2D eigenvalue weighted by atomic mass is 19.1. The SMILES string of the molecule is O=C(Nc1cnc2cccnn12)c1cc(F)cc(C2CC2)c1. The van der Waals surface area contributed by atoms with E-state index in [1.807, 2.05) is 0 Å². The van der Waals surface area contributed by atoms with Gasteiger partial charge in [0, 0.05) is 11.8 Å². The van der Waals surface area contributed by atoms with Crippen molar-refractivity contribution >= 4 is 17.4 Å². The van der Waals surface area contributed by atoms with Crippen LogP contribution >= 0.6 is 0 Å². The molecule has 5 nitrogen and oxygen atoms in total. The largest absolute Gasteiger partial charge is 0.305 e. The van der Waals surface area contributed by atoms with E-state index in [-0.39, 0.29) is 11.7 Å². The molecule has 1 saturated carbocycles. The average Bonchev–Trinajstić information content (AvgIpc) is 3.30. The van der Waals surface area contributed by atoms with Crippen LogP contribution in [0.4, 0.5) is 10.2 Å². The lowest BCUT2D eigenvalue weighted by Crippen LogP contribution is -2.14. The molecule has 6 heteroatoms. The molecule has 0 saturated heterocycles. The zero-order valence-electron chi connectivity index (χ0n) is 11.7. The Hall–Kier alpha value is -2.76. The van der Waals surface area contributed by atoms with Crippen LogP contribution in [0.2, 0.25) is 0 Å². The summed E-state index contributed by atoms with van der Waals surface area (Å²) in [7, 11) is 0. The standard InChI is InChI=1S/C16H13FN4O/c17-13-7-11(10-3-4-10)6-12(8-13)16(22)20-15-9-18-14-2-1-5-19-21(14)15/h1-2,5-10H,3-4H2,(H,20,22). The van der Waals surface area contributed by atoms with Crippen molar-refractivity contribution in [3.05, 3.63) is 59.7 Å². The van der Waals surface area contributed by atoms with Gasteiger partial charge in [-0.25, -0.2) is 9.37 Å². The van der Waals surface area contributed by atoms with Crippen LogP contribution in [0.25, 0.3) is 5.65 Å². The summed E-state index contributed by atoms with van der Waals surface area (Å²) >= 11 is 0. The quantitative estimate of drug-likeness (QED) is 0.808. The monoisotopic (exact) mass is 296 g/mol. The Bertz CT molecular complexity index is 869. The van der Waals surface area contributed by atoms with Crippen molar-refractivity contribution in [3.63, 3.8) is 0 Å². The van der Waals surface area contributed by atoms with Gasteiger partial charge in [-0.1, -0.05) is 0 Å². The minimum atomic E-state index is -0.384. The number of benzene rings is 1. The van der Waals surface area contributed by atoms with Crippen molar-refractivity contribution < 1.29 is 9.18 Å². The van der Waals surface area contributed by atoms with Crippen molar-refractivity contribution in [1.82, 2.24) is 14.6 Å². The third kappa shape index (κ3) is 2.32. The van der Waals surface area contributed by atoms with E-state index in [0.29, 0.717) is 22.9 Å². The second-order valence-electron chi connectivity index (χ2n) is 5.44. The number of fused-ring (bicyclic) bond motifs is 1. The molecule has 1 aromatic carbocycles. The van der Waals surface area contributed by atoms with Crippen LogP contribution in [-0.4, -0.2) is 20.5 Å². The molecule has 0 unspecified atom stereocenters. The first-order valence-electron chi connectivity index (χ1n) is 7.11. The van der Waals surface area contributed by atoms with Crippen LogP contribution in [0.15, 0.2) is 42.7 Å². The fraction of sp³-hybridized carbons (Fsp3) is 0.188. The average molecular weight is 296 g/mol. The maximum absolute atomic E-state index is 13.7. The molecule has 1 aliphatic carbocycles. The van der Waals surface area contributed by atoms with Gasteiger partial charge in [-0.2, -0.15) is 9.61 Å². The fourth-order valence-electron chi connectivity index (χ4n) is 2.50. The number of carbonyl (C=O) groups is 1. The molecular formula is C16H13FN4O. The van der Waals surface area contributed by atoms with E-state index < -0.39 is 0 Å². The highest BCUT2D eigenvalue weighted by molar-refractivity contribution is 6.04. The second kappa shape index (κ2) is 4.91. The summed E-state index contributed by atoms with van der Waals surface area (Å²) in [5.74, 6) is 0.0946. The number of anilines is 1. The van der Waals surface area contributed by atoms with E-state index in [4.69, 9.17) is 0 Å². The topological polar surface area (TPSA) is 59.3 Å². The van der Waals surface area contributed by atoms with E-state index in [0.717, 1.165) is 18.4 Å². The number of hydrogen-bond donors (Lipinski definition) is 1. The van der Waals surface area contributed by atoms with Gasteiger partial charge in [-0.15, -0.1) is 0 Å². The molecule has 1 fully saturated rings. The minimum absolute atomic E-state index is 0.313. The van der Waals surface area contributed by atoms with Gasteiger partial charge in [0.15, 0.2) is 11.5 Å². The van der Waals surface area contributed by atoms with Crippen LogP contribution < -0.4 is 5.32 Å². The number of rotatable bonds is 3. The Kier molecular flexibility index (Phi) is 2.89. The predicted octanol–water partition coefficient (Wildman–Crippen LogP) is 3.00. The number of imidazole rings is 1. The van der Waals surface area contributed by atoms with Crippen LogP contribution in [-0.2, 0) is 0 Å². The summed E-state index contributed by atoms with van der Waals surface area (Å²) in [6.07, 6.45) is 5.25. The van der Waals surface area contributed by atoms with E-state index >= 15 is 0 Å². The van der Waals surface area contributed by atoms with Gasteiger partial charge in [0.2, 0.25) is 0 Å². The molecule has 2 aromatic heterocycles. The molecule has 0 atom stereocenters. The van der Waals surface area contributed by atoms with Crippen LogP contribution in [0.5, 0.6) is 0 Å². The minimum Gasteiger partial charge on any atom is -0.305 e. The van der Waals surface area contributed by atoms with Gasteiger partial charge in [0.05, 0.1) is 6.20 Å². The van der Waals surface area contributed by atoms with Gasteiger partial charge < -0.3 is 5.32 Å². The number of carbonyl (C=O) groups excluding carboxylic acids is 1. The zero-order chi connectivity index (χ0) is 15.1. The molecule has 0 aliphatic heterocycles. The molecule has 0 bridgehead atoms. The highest BCUT2D eigenvalue weighted by Crippen LogP contribution is 2.40. The number of halogens is 1. The first-order chi connectivity index (χ1) is 10.7. The summed E-state index contributed by atoms with van der Waals surface area (Å²) in [6.45, 7) is 0. The molecule has 0 radical (unpaired) electrons. The Morgan fingerprint density at radius 2 is 2.18 bits per heavy atom. The molecule has 1 aliphatic rings. The molecule has 0 spiro atoms. The maximum Gasteiger partial charge on any atom is 0.256 e. The van der Waals surface area contributed by atoms with Crippen molar-refractivity contribution in [2.45, 2.75) is 18.8 Å². The molecule has 110 valence electrons. The van der Waals surface area contributed by atoms with Crippen molar-refractivity contribution in [2.75, 3.05) is 5.32 Å². The molecule has 22 heavy (non-hydrogen) atoms. The van der Waals surface area contributed by atoms with Crippen LogP contribution in [0.1, 0.15) is 34.7 Å². The summed E-state index contributed by atoms with van der Waals surface area (Å²) in [5.41, 5.74) is 1.84. The normalized spacial score (nSPS) is 14.2. The van der Waals surface area contributed by atoms with E-state index in [1.165, 1.54) is 22.8 Å². The van der Waals surface area contributed by atoms with Crippen LogP contribution in [0.3, 0.4) is 0 Å². The third-order valence-electron chi connectivity index (χ3n) is 3.75. The van der Waals surface area contributed by atoms with Gasteiger partial charge in [-0.05, 0) is 54.7 Å². The number of amides is 1. The maximum atomic E-state index is 13.7. The Morgan fingerprint density at radius 1 is 1.32 bits per heavy atom. The van der Waals surface area contributed by atoms with Gasteiger partial charge in [-0.3, -0.25) is 4.79 Å².